The van der Waals surface area contributed by atoms with E-state index in [-0.39, 0.29) is 6.61 Å². The van der Waals surface area contributed by atoms with Crippen molar-refractivity contribution < 1.29 is 5.11 Å². The highest BCUT2D eigenvalue weighted by atomic mass is 16.3. The Labute approximate surface area is 102 Å². The maximum absolute atomic E-state index is 8.96. The predicted molar refractivity (Wildman–Crippen MR) is 68.3 cm³/mol. The van der Waals surface area contributed by atoms with Gasteiger partial charge in [-0.25, -0.2) is 9.97 Å². The van der Waals surface area contributed by atoms with Gasteiger partial charge in [-0.05, 0) is 25.7 Å². The summed E-state index contributed by atoms with van der Waals surface area (Å²) >= 11 is 0. The molecule has 5 heteroatoms. The molecule has 5 nitrogen and oxygen atoms in total. The van der Waals surface area contributed by atoms with Crippen molar-refractivity contribution in [3.8, 4) is 0 Å². The minimum Gasteiger partial charge on any atom is -0.396 e. The number of nitrogens with zero attached hydrogens (tertiary/aromatic N) is 3. The van der Waals surface area contributed by atoms with Crippen molar-refractivity contribution in [1.29, 1.82) is 0 Å². The first-order chi connectivity index (χ1) is 8.22. The monoisotopic (exact) mass is 236 g/mol. The lowest BCUT2D eigenvalue weighted by atomic mass is 10.1. The molecule has 1 saturated heterocycles. The number of rotatable bonds is 4. The predicted octanol–water partition coefficient (Wildman–Crippen LogP) is 1.04. The maximum Gasteiger partial charge on any atom is 0.134 e. The van der Waals surface area contributed by atoms with Gasteiger partial charge in [0, 0.05) is 32.8 Å². The number of aryl methyl sites for hydroxylation is 1. The Kier molecular flexibility index (Phi) is 3.78. The minimum atomic E-state index is 0.281. The molecule has 2 rings (SSSR count). The molecule has 0 radical (unpaired) electrons. The third-order valence-corrected chi connectivity index (χ3v) is 3.23. The molecule has 0 bridgehead atoms. The largest absolute Gasteiger partial charge is 0.396 e. The summed E-state index contributed by atoms with van der Waals surface area (Å²) < 4.78 is 0. The van der Waals surface area contributed by atoms with Gasteiger partial charge < -0.3 is 15.3 Å². The van der Waals surface area contributed by atoms with Crippen LogP contribution in [0.3, 0.4) is 0 Å². The Hall–Kier alpha value is -1.36. The molecule has 1 aliphatic heterocycles. The van der Waals surface area contributed by atoms with Gasteiger partial charge in [0.1, 0.15) is 17.5 Å². The zero-order valence-electron chi connectivity index (χ0n) is 10.5. The third kappa shape index (κ3) is 2.85. The fourth-order valence-corrected chi connectivity index (χ4v) is 2.30. The molecule has 0 aliphatic carbocycles. The first kappa shape index (κ1) is 12.1. The van der Waals surface area contributed by atoms with E-state index in [2.05, 4.69) is 20.2 Å². The fraction of sp³-hybridized carbons (Fsp3) is 0.667. The average Bonchev–Trinajstić information content (AvgIpc) is 2.77. The van der Waals surface area contributed by atoms with E-state index >= 15 is 0 Å². The third-order valence-electron chi connectivity index (χ3n) is 3.23. The van der Waals surface area contributed by atoms with E-state index in [1.165, 1.54) is 0 Å². The number of aromatic nitrogens is 2. The first-order valence-corrected chi connectivity index (χ1v) is 6.12. The summed E-state index contributed by atoms with van der Waals surface area (Å²) in [5.74, 6) is 3.23. The van der Waals surface area contributed by atoms with E-state index in [9.17, 15) is 0 Å². The van der Waals surface area contributed by atoms with Crippen LogP contribution >= 0.6 is 0 Å². The quantitative estimate of drug-likeness (QED) is 0.818. The number of aliphatic hydroxyl groups is 1. The molecule has 94 valence electrons. The summed E-state index contributed by atoms with van der Waals surface area (Å²) in [7, 11) is 1.87. The Morgan fingerprint density at radius 2 is 2.35 bits per heavy atom. The number of nitrogens with one attached hydrogen (secondary N) is 1. The molecule has 1 aromatic heterocycles. The van der Waals surface area contributed by atoms with Crippen molar-refractivity contribution in [3.05, 3.63) is 11.9 Å². The van der Waals surface area contributed by atoms with Crippen LogP contribution in [0.5, 0.6) is 0 Å². The second-order valence-electron chi connectivity index (χ2n) is 4.52. The van der Waals surface area contributed by atoms with Gasteiger partial charge in [-0.1, -0.05) is 0 Å². The smallest absolute Gasteiger partial charge is 0.134 e. The molecule has 0 spiro atoms. The number of hydrogen-bond acceptors (Lipinski definition) is 5. The molecule has 0 aromatic carbocycles. The summed E-state index contributed by atoms with van der Waals surface area (Å²) in [5.41, 5.74) is 0. The summed E-state index contributed by atoms with van der Waals surface area (Å²) in [6, 6.07) is 1.98. The number of anilines is 2. The molecule has 0 saturated carbocycles. The minimum absolute atomic E-state index is 0.281. The highest BCUT2D eigenvalue weighted by molar-refractivity contribution is 5.49. The van der Waals surface area contributed by atoms with Crippen LogP contribution in [-0.2, 0) is 0 Å². The van der Waals surface area contributed by atoms with Gasteiger partial charge in [-0.2, -0.15) is 0 Å². The van der Waals surface area contributed by atoms with Crippen molar-refractivity contribution in [3.63, 3.8) is 0 Å². The van der Waals surface area contributed by atoms with Gasteiger partial charge in [0.15, 0.2) is 0 Å². The molecular weight excluding hydrogens is 216 g/mol. The van der Waals surface area contributed by atoms with E-state index in [0.29, 0.717) is 5.92 Å². The maximum atomic E-state index is 8.96. The summed E-state index contributed by atoms with van der Waals surface area (Å²) in [4.78, 5) is 11.0. The standard InChI is InChI=1S/C12H20N4O/c1-9-14-11(13-2)7-12(15-9)16-5-3-10(8-16)4-6-17/h7,10,17H,3-6,8H2,1-2H3,(H,13,14,15). The Balaban J connectivity index is 2.10. The van der Waals surface area contributed by atoms with Crippen LogP contribution in [0.15, 0.2) is 6.07 Å². The lowest BCUT2D eigenvalue weighted by Crippen LogP contribution is -2.21. The highest BCUT2D eigenvalue weighted by Gasteiger charge is 2.23. The van der Waals surface area contributed by atoms with Gasteiger partial charge in [0.2, 0.25) is 0 Å². The lowest BCUT2D eigenvalue weighted by molar-refractivity contribution is 0.263. The molecule has 1 fully saturated rings. The van der Waals surface area contributed by atoms with Crippen LogP contribution in [0.25, 0.3) is 0 Å². The van der Waals surface area contributed by atoms with Crippen molar-refractivity contribution in [2.45, 2.75) is 19.8 Å². The number of aliphatic hydroxyl groups excluding tert-OH is 1. The van der Waals surface area contributed by atoms with Crippen LogP contribution in [0.2, 0.25) is 0 Å². The van der Waals surface area contributed by atoms with Gasteiger partial charge in [-0.3, -0.25) is 0 Å². The van der Waals surface area contributed by atoms with E-state index in [4.69, 9.17) is 5.11 Å². The Morgan fingerprint density at radius 1 is 1.53 bits per heavy atom. The molecule has 0 amide bonds. The van der Waals surface area contributed by atoms with Crippen molar-refractivity contribution in [2.75, 3.05) is 37.0 Å². The Bertz CT molecular complexity index is 383. The molecule has 1 unspecified atom stereocenters. The van der Waals surface area contributed by atoms with E-state index in [0.717, 1.165) is 43.4 Å². The van der Waals surface area contributed by atoms with Gasteiger partial charge >= 0.3 is 0 Å². The zero-order valence-corrected chi connectivity index (χ0v) is 10.5. The topological polar surface area (TPSA) is 61.3 Å². The normalized spacial score (nSPS) is 19.7. The molecule has 1 aromatic rings. The van der Waals surface area contributed by atoms with Crippen molar-refractivity contribution in [1.82, 2.24) is 9.97 Å². The molecule has 2 N–H and O–H groups in total. The molecular formula is C12H20N4O. The fourth-order valence-electron chi connectivity index (χ4n) is 2.30. The lowest BCUT2D eigenvalue weighted by Gasteiger charge is -2.18. The van der Waals surface area contributed by atoms with E-state index < -0.39 is 0 Å². The van der Waals surface area contributed by atoms with Crippen LogP contribution in [0, 0.1) is 12.8 Å². The Morgan fingerprint density at radius 3 is 3.06 bits per heavy atom. The summed E-state index contributed by atoms with van der Waals surface area (Å²) in [6.07, 6.45) is 2.03. The number of hydrogen-bond donors (Lipinski definition) is 2. The first-order valence-electron chi connectivity index (χ1n) is 6.12. The van der Waals surface area contributed by atoms with Crippen LogP contribution in [0.1, 0.15) is 18.7 Å². The van der Waals surface area contributed by atoms with Crippen LogP contribution < -0.4 is 10.2 Å². The second-order valence-corrected chi connectivity index (χ2v) is 4.52. The second kappa shape index (κ2) is 5.31. The molecule has 1 atom stereocenters. The molecule has 17 heavy (non-hydrogen) atoms. The molecule has 1 aliphatic rings. The zero-order chi connectivity index (χ0) is 12.3. The molecule has 2 heterocycles. The van der Waals surface area contributed by atoms with E-state index in [1.807, 2.05) is 20.0 Å². The summed E-state index contributed by atoms with van der Waals surface area (Å²) in [6.45, 7) is 4.19. The van der Waals surface area contributed by atoms with Gasteiger partial charge in [0.25, 0.3) is 0 Å². The highest BCUT2D eigenvalue weighted by Crippen LogP contribution is 2.25. The average molecular weight is 236 g/mol. The van der Waals surface area contributed by atoms with Gasteiger partial charge in [-0.15, -0.1) is 0 Å². The van der Waals surface area contributed by atoms with Crippen molar-refractivity contribution >= 4 is 11.6 Å². The van der Waals surface area contributed by atoms with Crippen LogP contribution in [0.4, 0.5) is 11.6 Å². The van der Waals surface area contributed by atoms with Crippen LogP contribution in [-0.4, -0.2) is 41.8 Å². The summed E-state index contributed by atoms with van der Waals surface area (Å²) in [5, 5.41) is 12.0. The van der Waals surface area contributed by atoms with Crippen molar-refractivity contribution in [2.24, 2.45) is 5.92 Å². The van der Waals surface area contributed by atoms with E-state index in [1.54, 1.807) is 0 Å². The van der Waals surface area contributed by atoms with Gasteiger partial charge in [0.05, 0.1) is 0 Å². The SMILES string of the molecule is CNc1cc(N2CCC(CCO)C2)nc(C)n1.